The molecule has 3 heteroatoms. The van der Waals surface area contributed by atoms with Gasteiger partial charge in [0.25, 0.3) is 0 Å². The molecule has 1 aromatic carbocycles. The quantitative estimate of drug-likeness (QED) is 0.828. The van der Waals surface area contributed by atoms with Crippen LogP contribution in [0, 0.1) is 0 Å². The molecule has 1 atom stereocenters. The summed E-state index contributed by atoms with van der Waals surface area (Å²) in [6.07, 6.45) is 4.85. The van der Waals surface area contributed by atoms with E-state index >= 15 is 0 Å². The molecule has 2 rings (SSSR count). The molecule has 0 saturated heterocycles. The first-order valence-corrected chi connectivity index (χ1v) is 6.13. The van der Waals surface area contributed by atoms with Crippen molar-refractivity contribution in [3.05, 3.63) is 53.6 Å². The second kappa shape index (κ2) is 5.64. The predicted molar refractivity (Wildman–Crippen MR) is 69.7 cm³/mol. The molecule has 3 N–H and O–H groups in total. The van der Waals surface area contributed by atoms with Crippen molar-refractivity contribution in [2.75, 3.05) is 0 Å². The maximum absolute atomic E-state index is 6.15. The average Bonchev–Trinajstić information content (AvgIpc) is 2.78. The summed E-state index contributed by atoms with van der Waals surface area (Å²) in [7, 11) is 0. The van der Waals surface area contributed by atoms with Crippen LogP contribution in [0.2, 0.25) is 0 Å². The summed E-state index contributed by atoms with van der Waals surface area (Å²) < 4.78 is 0. The molecule has 90 valence electrons. The molecule has 0 spiro atoms. The second-order valence-electron chi connectivity index (χ2n) is 4.33. The maximum atomic E-state index is 6.15. The third-order valence-corrected chi connectivity index (χ3v) is 2.84. The van der Waals surface area contributed by atoms with Crippen LogP contribution in [0.5, 0.6) is 0 Å². The third-order valence-electron chi connectivity index (χ3n) is 2.84. The molecular weight excluding hydrogens is 210 g/mol. The highest BCUT2D eigenvalue weighted by Crippen LogP contribution is 2.14. The average molecular weight is 229 g/mol. The van der Waals surface area contributed by atoms with E-state index in [1.54, 1.807) is 0 Å². The molecule has 1 aromatic heterocycles. The standard InChI is InChI=1S/C14H19N3/c1-2-6-12-10-16-14(17-12)9-13(15)11-7-4-3-5-8-11/h3-5,7-8,10,13H,2,6,9,15H2,1H3,(H,16,17). The van der Waals surface area contributed by atoms with Crippen molar-refractivity contribution in [2.24, 2.45) is 5.73 Å². The summed E-state index contributed by atoms with van der Waals surface area (Å²) in [5.74, 6) is 0.977. The molecule has 0 aliphatic heterocycles. The van der Waals surface area contributed by atoms with E-state index in [1.165, 1.54) is 5.69 Å². The van der Waals surface area contributed by atoms with Gasteiger partial charge in [0.1, 0.15) is 5.82 Å². The summed E-state index contributed by atoms with van der Waals surface area (Å²) in [6.45, 7) is 2.16. The molecule has 0 amide bonds. The van der Waals surface area contributed by atoms with Gasteiger partial charge in [-0.05, 0) is 12.0 Å². The zero-order valence-corrected chi connectivity index (χ0v) is 10.2. The SMILES string of the molecule is CCCc1cnc(CC(N)c2ccccc2)[nH]1. The summed E-state index contributed by atoms with van der Waals surface area (Å²) in [6, 6.07) is 10.2. The van der Waals surface area contributed by atoms with Gasteiger partial charge in [-0.1, -0.05) is 43.7 Å². The van der Waals surface area contributed by atoms with E-state index < -0.39 is 0 Å². The van der Waals surface area contributed by atoms with Gasteiger partial charge in [-0.2, -0.15) is 0 Å². The monoisotopic (exact) mass is 229 g/mol. The molecule has 2 aromatic rings. The van der Waals surface area contributed by atoms with Crippen molar-refractivity contribution >= 4 is 0 Å². The van der Waals surface area contributed by atoms with Crippen molar-refractivity contribution in [1.82, 2.24) is 9.97 Å². The molecule has 0 saturated carbocycles. The number of benzene rings is 1. The Hall–Kier alpha value is -1.61. The summed E-state index contributed by atoms with van der Waals surface area (Å²) in [4.78, 5) is 7.69. The van der Waals surface area contributed by atoms with Gasteiger partial charge < -0.3 is 10.7 Å². The van der Waals surface area contributed by atoms with Crippen LogP contribution in [0.25, 0.3) is 0 Å². The first-order valence-electron chi connectivity index (χ1n) is 6.13. The first-order chi connectivity index (χ1) is 8.29. The molecule has 3 nitrogen and oxygen atoms in total. The van der Waals surface area contributed by atoms with E-state index in [9.17, 15) is 0 Å². The number of rotatable bonds is 5. The molecule has 1 unspecified atom stereocenters. The van der Waals surface area contributed by atoms with Gasteiger partial charge in [0.2, 0.25) is 0 Å². The third kappa shape index (κ3) is 3.17. The zero-order valence-electron chi connectivity index (χ0n) is 10.2. The van der Waals surface area contributed by atoms with Gasteiger partial charge in [0, 0.05) is 24.4 Å². The number of aryl methyl sites for hydroxylation is 1. The molecule has 0 aliphatic rings. The second-order valence-corrected chi connectivity index (χ2v) is 4.33. The lowest BCUT2D eigenvalue weighted by molar-refractivity contribution is 0.692. The molecule has 0 radical (unpaired) electrons. The van der Waals surface area contributed by atoms with Crippen LogP contribution in [0.4, 0.5) is 0 Å². The van der Waals surface area contributed by atoms with Gasteiger partial charge in [-0.15, -0.1) is 0 Å². The number of aromatic amines is 1. The van der Waals surface area contributed by atoms with E-state index in [4.69, 9.17) is 5.73 Å². The molecule has 17 heavy (non-hydrogen) atoms. The first kappa shape index (κ1) is 11.9. The molecule has 0 aliphatic carbocycles. The van der Waals surface area contributed by atoms with Crippen molar-refractivity contribution < 1.29 is 0 Å². The number of aromatic nitrogens is 2. The Labute approximate surface area is 102 Å². The smallest absolute Gasteiger partial charge is 0.108 e. The Balaban J connectivity index is 2.00. The minimum absolute atomic E-state index is 0.0110. The molecule has 0 bridgehead atoms. The van der Waals surface area contributed by atoms with E-state index in [1.807, 2.05) is 24.4 Å². The van der Waals surface area contributed by atoms with Crippen LogP contribution < -0.4 is 5.73 Å². The summed E-state index contributed by atoms with van der Waals surface area (Å²) in [5, 5.41) is 0. The number of H-pyrrole nitrogens is 1. The Morgan fingerprint density at radius 3 is 2.76 bits per heavy atom. The van der Waals surface area contributed by atoms with Crippen LogP contribution in [0.3, 0.4) is 0 Å². The van der Waals surface area contributed by atoms with Gasteiger partial charge in [-0.3, -0.25) is 0 Å². The lowest BCUT2D eigenvalue weighted by Gasteiger charge is -2.09. The molecule has 0 fully saturated rings. The molecular formula is C14H19N3. The fourth-order valence-electron chi connectivity index (χ4n) is 1.93. The lowest BCUT2D eigenvalue weighted by atomic mass is 10.0. The van der Waals surface area contributed by atoms with E-state index in [2.05, 4.69) is 29.0 Å². The minimum atomic E-state index is 0.0110. The number of nitrogens with two attached hydrogens (primary N) is 1. The Morgan fingerprint density at radius 1 is 1.29 bits per heavy atom. The van der Waals surface area contributed by atoms with Crippen molar-refractivity contribution in [3.63, 3.8) is 0 Å². The number of imidazole rings is 1. The van der Waals surface area contributed by atoms with Crippen LogP contribution >= 0.6 is 0 Å². The number of hydrogen-bond acceptors (Lipinski definition) is 2. The number of nitrogens with zero attached hydrogens (tertiary/aromatic N) is 1. The van der Waals surface area contributed by atoms with Gasteiger partial charge in [0.05, 0.1) is 0 Å². The highest BCUT2D eigenvalue weighted by atomic mass is 14.9. The fourth-order valence-corrected chi connectivity index (χ4v) is 1.93. The van der Waals surface area contributed by atoms with Crippen molar-refractivity contribution in [1.29, 1.82) is 0 Å². The van der Waals surface area contributed by atoms with E-state index in [-0.39, 0.29) is 6.04 Å². The number of nitrogens with one attached hydrogen (secondary N) is 1. The van der Waals surface area contributed by atoms with Crippen LogP contribution in [0.1, 0.15) is 36.5 Å². The largest absolute Gasteiger partial charge is 0.346 e. The van der Waals surface area contributed by atoms with Gasteiger partial charge >= 0.3 is 0 Å². The Bertz CT molecular complexity index is 448. The van der Waals surface area contributed by atoms with Crippen LogP contribution in [-0.4, -0.2) is 9.97 Å². The number of hydrogen-bond donors (Lipinski definition) is 2. The minimum Gasteiger partial charge on any atom is -0.346 e. The Kier molecular flexibility index (Phi) is 3.94. The van der Waals surface area contributed by atoms with Crippen molar-refractivity contribution in [2.45, 2.75) is 32.2 Å². The summed E-state index contributed by atoms with van der Waals surface area (Å²) >= 11 is 0. The highest BCUT2D eigenvalue weighted by molar-refractivity contribution is 5.19. The maximum Gasteiger partial charge on any atom is 0.108 e. The normalized spacial score (nSPS) is 12.6. The fraction of sp³-hybridized carbons (Fsp3) is 0.357. The van der Waals surface area contributed by atoms with Crippen molar-refractivity contribution in [3.8, 4) is 0 Å². The Morgan fingerprint density at radius 2 is 2.06 bits per heavy atom. The lowest BCUT2D eigenvalue weighted by Crippen LogP contribution is -2.14. The molecule has 1 heterocycles. The van der Waals surface area contributed by atoms with Gasteiger partial charge in [-0.25, -0.2) is 4.98 Å². The topological polar surface area (TPSA) is 54.7 Å². The summed E-state index contributed by atoms with van der Waals surface area (Å²) in [5.41, 5.74) is 8.50. The van der Waals surface area contributed by atoms with Gasteiger partial charge in [0.15, 0.2) is 0 Å². The van der Waals surface area contributed by atoms with E-state index in [0.717, 1.165) is 30.7 Å². The van der Waals surface area contributed by atoms with Crippen LogP contribution in [-0.2, 0) is 12.8 Å². The van der Waals surface area contributed by atoms with Crippen LogP contribution in [0.15, 0.2) is 36.5 Å². The van der Waals surface area contributed by atoms with E-state index in [0.29, 0.717) is 0 Å². The zero-order chi connectivity index (χ0) is 12.1. The highest BCUT2D eigenvalue weighted by Gasteiger charge is 2.08. The predicted octanol–water partition coefficient (Wildman–Crippen LogP) is 2.60.